The van der Waals surface area contributed by atoms with E-state index in [2.05, 4.69) is 14.9 Å². The fourth-order valence-electron chi connectivity index (χ4n) is 3.48. The van der Waals surface area contributed by atoms with Gasteiger partial charge in [0.15, 0.2) is 0 Å². The third-order valence-electron chi connectivity index (χ3n) is 4.84. The van der Waals surface area contributed by atoms with Crippen LogP contribution < -0.4 is 16.4 Å². The molecule has 7 heteroatoms. The minimum atomic E-state index is -0.293. The molecule has 0 fully saturated rings. The summed E-state index contributed by atoms with van der Waals surface area (Å²) in [7, 11) is 2.04. The van der Waals surface area contributed by atoms with E-state index in [0.717, 1.165) is 42.8 Å². The van der Waals surface area contributed by atoms with E-state index in [0.29, 0.717) is 23.9 Å². The standard InChI is InChI=1S/C19H25N5O2/c1-3-26-18(25)13-4-7-14(8-5-13)24(2)11-10-12-6-9-15-16(12)17(20)23-19(21)22-15/h4-5,7-8,12H,3,6,9-11H2,1-2H3,(H4,20,21,22,23). The second-order valence-electron chi connectivity index (χ2n) is 6.54. The topological polar surface area (TPSA) is 107 Å². The molecule has 1 heterocycles. The molecule has 0 spiro atoms. The second-order valence-corrected chi connectivity index (χ2v) is 6.54. The van der Waals surface area contributed by atoms with Gasteiger partial charge in [0.2, 0.25) is 5.95 Å². The molecule has 1 atom stereocenters. The summed E-state index contributed by atoms with van der Waals surface area (Å²) in [5.41, 5.74) is 15.4. The smallest absolute Gasteiger partial charge is 0.338 e. The number of anilines is 3. The van der Waals surface area contributed by atoms with Crippen LogP contribution in [0.25, 0.3) is 0 Å². The van der Waals surface area contributed by atoms with Crippen LogP contribution in [0.2, 0.25) is 0 Å². The van der Waals surface area contributed by atoms with Gasteiger partial charge in [-0.3, -0.25) is 0 Å². The molecule has 2 aromatic rings. The zero-order valence-electron chi connectivity index (χ0n) is 15.2. The number of hydrogen-bond donors (Lipinski definition) is 2. The molecule has 0 saturated carbocycles. The van der Waals surface area contributed by atoms with E-state index in [1.165, 1.54) is 0 Å². The first-order valence-electron chi connectivity index (χ1n) is 8.89. The SMILES string of the molecule is CCOC(=O)c1ccc(N(C)CCC2CCc3nc(N)nc(N)c32)cc1. The number of benzene rings is 1. The van der Waals surface area contributed by atoms with E-state index in [9.17, 15) is 4.79 Å². The molecule has 1 aromatic heterocycles. The molecule has 0 bridgehead atoms. The Bertz CT molecular complexity index is 791. The number of nitrogens with zero attached hydrogens (tertiary/aromatic N) is 3. The van der Waals surface area contributed by atoms with Gasteiger partial charge in [0.05, 0.1) is 17.9 Å². The average molecular weight is 355 g/mol. The third kappa shape index (κ3) is 3.71. The summed E-state index contributed by atoms with van der Waals surface area (Å²) in [6, 6.07) is 7.46. The highest BCUT2D eigenvalue weighted by Crippen LogP contribution is 2.38. The number of aromatic nitrogens is 2. The van der Waals surface area contributed by atoms with Gasteiger partial charge >= 0.3 is 5.97 Å². The van der Waals surface area contributed by atoms with Crippen LogP contribution in [-0.2, 0) is 11.2 Å². The highest BCUT2D eigenvalue weighted by Gasteiger charge is 2.27. The number of carbonyl (C=O) groups excluding carboxylic acids is 1. The highest BCUT2D eigenvalue weighted by molar-refractivity contribution is 5.89. The van der Waals surface area contributed by atoms with Crippen molar-refractivity contribution in [1.29, 1.82) is 0 Å². The van der Waals surface area contributed by atoms with Gasteiger partial charge in [0.1, 0.15) is 5.82 Å². The maximum Gasteiger partial charge on any atom is 0.338 e. The monoisotopic (exact) mass is 355 g/mol. The van der Waals surface area contributed by atoms with Gasteiger partial charge in [0, 0.05) is 24.8 Å². The number of nitrogens with two attached hydrogens (primary N) is 2. The Morgan fingerprint density at radius 1 is 1.27 bits per heavy atom. The van der Waals surface area contributed by atoms with Crippen LogP contribution in [0.5, 0.6) is 0 Å². The summed E-state index contributed by atoms with van der Waals surface area (Å²) in [6.07, 6.45) is 2.88. The normalized spacial score (nSPS) is 15.5. The van der Waals surface area contributed by atoms with E-state index < -0.39 is 0 Å². The van der Waals surface area contributed by atoms with Gasteiger partial charge < -0.3 is 21.1 Å². The summed E-state index contributed by atoms with van der Waals surface area (Å²) in [6.45, 7) is 3.04. The summed E-state index contributed by atoms with van der Waals surface area (Å²) >= 11 is 0. The predicted octanol–water partition coefficient (Wildman–Crippen LogP) is 2.37. The third-order valence-corrected chi connectivity index (χ3v) is 4.84. The number of hydrogen-bond acceptors (Lipinski definition) is 7. The molecule has 1 unspecified atom stereocenters. The maximum absolute atomic E-state index is 11.7. The molecule has 26 heavy (non-hydrogen) atoms. The number of esters is 1. The first kappa shape index (κ1) is 18.0. The van der Waals surface area contributed by atoms with Crippen LogP contribution in [-0.4, -0.2) is 36.1 Å². The fraction of sp³-hybridized carbons (Fsp3) is 0.421. The van der Waals surface area contributed by atoms with Gasteiger partial charge in [-0.1, -0.05) is 0 Å². The van der Waals surface area contributed by atoms with Gasteiger partial charge in [-0.05, 0) is 56.4 Å². The molecule has 4 N–H and O–H groups in total. The van der Waals surface area contributed by atoms with Crippen LogP contribution in [0.3, 0.4) is 0 Å². The largest absolute Gasteiger partial charge is 0.462 e. The first-order valence-corrected chi connectivity index (χ1v) is 8.89. The minimum Gasteiger partial charge on any atom is -0.462 e. The van der Waals surface area contributed by atoms with Crippen molar-refractivity contribution in [2.24, 2.45) is 0 Å². The van der Waals surface area contributed by atoms with E-state index >= 15 is 0 Å². The quantitative estimate of drug-likeness (QED) is 0.766. The minimum absolute atomic E-state index is 0.251. The van der Waals surface area contributed by atoms with Crippen molar-refractivity contribution < 1.29 is 9.53 Å². The Morgan fingerprint density at radius 2 is 2.00 bits per heavy atom. The van der Waals surface area contributed by atoms with Gasteiger partial charge in [-0.25, -0.2) is 9.78 Å². The molecule has 138 valence electrons. The van der Waals surface area contributed by atoms with E-state index in [-0.39, 0.29) is 11.9 Å². The van der Waals surface area contributed by atoms with E-state index in [1.807, 2.05) is 19.2 Å². The lowest BCUT2D eigenvalue weighted by Crippen LogP contribution is -2.20. The molecular formula is C19H25N5O2. The predicted molar refractivity (Wildman–Crippen MR) is 102 cm³/mol. The number of fused-ring (bicyclic) bond motifs is 1. The zero-order valence-corrected chi connectivity index (χ0v) is 15.2. The molecule has 0 aliphatic heterocycles. The summed E-state index contributed by atoms with van der Waals surface area (Å²) in [4.78, 5) is 22.3. The molecule has 0 saturated heterocycles. The fourth-order valence-corrected chi connectivity index (χ4v) is 3.48. The van der Waals surface area contributed by atoms with Crippen molar-refractivity contribution in [3.63, 3.8) is 0 Å². The Hall–Kier alpha value is -2.83. The van der Waals surface area contributed by atoms with E-state index in [1.54, 1.807) is 19.1 Å². The van der Waals surface area contributed by atoms with Gasteiger partial charge in [-0.2, -0.15) is 4.98 Å². The highest BCUT2D eigenvalue weighted by atomic mass is 16.5. The molecule has 0 amide bonds. The Morgan fingerprint density at radius 3 is 2.69 bits per heavy atom. The van der Waals surface area contributed by atoms with Crippen molar-refractivity contribution >= 4 is 23.4 Å². The van der Waals surface area contributed by atoms with Crippen LogP contribution in [0, 0.1) is 0 Å². The second kappa shape index (κ2) is 7.59. The lowest BCUT2D eigenvalue weighted by Gasteiger charge is -2.22. The zero-order chi connectivity index (χ0) is 18.7. The van der Waals surface area contributed by atoms with Crippen molar-refractivity contribution in [2.45, 2.75) is 32.1 Å². The van der Waals surface area contributed by atoms with E-state index in [4.69, 9.17) is 16.2 Å². The Labute approximate surface area is 153 Å². The number of aryl methyl sites for hydroxylation is 1. The summed E-state index contributed by atoms with van der Waals surface area (Å²) in [5.74, 6) is 0.822. The molecule has 7 nitrogen and oxygen atoms in total. The average Bonchev–Trinajstić information content (AvgIpc) is 3.03. The van der Waals surface area contributed by atoms with Crippen LogP contribution in [0.1, 0.15) is 47.3 Å². The molecule has 1 aromatic carbocycles. The summed E-state index contributed by atoms with van der Waals surface area (Å²) in [5, 5.41) is 0. The number of carbonyl (C=O) groups is 1. The van der Waals surface area contributed by atoms with Gasteiger partial charge in [0.25, 0.3) is 0 Å². The molecule has 1 aliphatic carbocycles. The molecule has 1 aliphatic rings. The first-order chi connectivity index (χ1) is 12.5. The molecule has 3 rings (SSSR count). The Kier molecular flexibility index (Phi) is 5.25. The Balaban J connectivity index is 1.62. The van der Waals surface area contributed by atoms with Crippen molar-refractivity contribution in [3.05, 3.63) is 41.1 Å². The van der Waals surface area contributed by atoms with Crippen molar-refractivity contribution in [2.75, 3.05) is 36.6 Å². The number of nitrogen functional groups attached to an aromatic ring is 2. The number of ether oxygens (including phenoxy) is 1. The summed E-state index contributed by atoms with van der Waals surface area (Å²) < 4.78 is 5.01. The lowest BCUT2D eigenvalue weighted by molar-refractivity contribution is 0.0526. The van der Waals surface area contributed by atoms with Crippen molar-refractivity contribution in [1.82, 2.24) is 9.97 Å². The molecule has 0 radical (unpaired) electrons. The van der Waals surface area contributed by atoms with Crippen LogP contribution in [0.15, 0.2) is 24.3 Å². The number of rotatable bonds is 6. The van der Waals surface area contributed by atoms with Crippen molar-refractivity contribution in [3.8, 4) is 0 Å². The lowest BCUT2D eigenvalue weighted by atomic mass is 9.99. The van der Waals surface area contributed by atoms with Gasteiger partial charge in [-0.15, -0.1) is 0 Å². The molecular weight excluding hydrogens is 330 g/mol. The van der Waals surface area contributed by atoms with Crippen LogP contribution in [0.4, 0.5) is 17.5 Å². The maximum atomic E-state index is 11.7. The van der Waals surface area contributed by atoms with Crippen LogP contribution >= 0.6 is 0 Å².